The third-order valence-corrected chi connectivity index (χ3v) is 5.16. The zero-order chi connectivity index (χ0) is 19.9. The highest BCUT2D eigenvalue weighted by Gasteiger charge is 2.20. The van der Waals surface area contributed by atoms with Crippen molar-refractivity contribution < 1.29 is 4.52 Å². The molecule has 0 bridgehead atoms. The number of nitrogens with zero attached hydrogens (tertiary/aromatic N) is 6. The first-order chi connectivity index (χ1) is 14.3. The van der Waals surface area contributed by atoms with E-state index in [-0.39, 0.29) is 0 Å². The van der Waals surface area contributed by atoms with Crippen LogP contribution in [0.4, 0.5) is 0 Å². The Morgan fingerprint density at radius 3 is 2.66 bits per heavy atom. The maximum Gasteiger partial charge on any atom is 0.194 e. The largest absolute Gasteiger partial charge is 0.364 e. The molecule has 4 rings (SSSR count). The second-order valence-electron chi connectivity index (χ2n) is 7.11. The van der Waals surface area contributed by atoms with Crippen molar-refractivity contribution >= 4 is 5.96 Å². The van der Waals surface area contributed by atoms with Gasteiger partial charge in [-0.05, 0) is 5.56 Å². The highest BCUT2D eigenvalue weighted by atomic mass is 16.5. The fourth-order valence-electron chi connectivity index (χ4n) is 3.59. The van der Waals surface area contributed by atoms with Gasteiger partial charge in [-0.2, -0.15) is 0 Å². The molecule has 0 amide bonds. The molecule has 3 aromatic rings. The molecule has 1 aliphatic heterocycles. The third kappa shape index (κ3) is 5.03. The molecule has 0 spiro atoms. The van der Waals surface area contributed by atoms with Crippen LogP contribution in [-0.4, -0.2) is 63.7 Å². The summed E-state index contributed by atoms with van der Waals surface area (Å²) in [5.41, 5.74) is 2.24. The summed E-state index contributed by atoms with van der Waals surface area (Å²) in [5, 5.41) is 7.48. The van der Waals surface area contributed by atoms with Gasteiger partial charge in [-0.25, -0.2) is 4.98 Å². The Morgan fingerprint density at radius 1 is 1.10 bits per heavy atom. The van der Waals surface area contributed by atoms with Crippen molar-refractivity contribution in [3.05, 3.63) is 72.1 Å². The third-order valence-electron chi connectivity index (χ3n) is 5.16. The Morgan fingerprint density at radius 2 is 1.93 bits per heavy atom. The maximum absolute atomic E-state index is 4.92. The molecular weight excluding hydrogens is 366 g/mol. The van der Waals surface area contributed by atoms with Crippen LogP contribution in [-0.2, 0) is 19.6 Å². The van der Waals surface area contributed by atoms with Gasteiger partial charge in [-0.15, -0.1) is 0 Å². The smallest absolute Gasteiger partial charge is 0.194 e. The summed E-state index contributed by atoms with van der Waals surface area (Å²) in [4.78, 5) is 13.7. The Labute approximate surface area is 170 Å². The van der Waals surface area contributed by atoms with E-state index in [9.17, 15) is 0 Å². The lowest BCUT2D eigenvalue weighted by molar-refractivity contribution is 0.169. The molecule has 8 heteroatoms. The molecule has 0 radical (unpaired) electrons. The van der Waals surface area contributed by atoms with Gasteiger partial charge in [0, 0.05) is 64.8 Å². The van der Waals surface area contributed by atoms with E-state index in [0.717, 1.165) is 56.7 Å². The number of rotatable bonds is 6. The van der Waals surface area contributed by atoms with Crippen molar-refractivity contribution in [1.82, 2.24) is 29.8 Å². The van der Waals surface area contributed by atoms with Crippen LogP contribution in [0.5, 0.6) is 0 Å². The summed E-state index contributed by atoms with van der Waals surface area (Å²) >= 11 is 0. The quantitative estimate of drug-likeness (QED) is 0.509. The fraction of sp³-hybridized carbons (Fsp3) is 0.381. The van der Waals surface area contributed by atoms with Crippen LogP contribution in [0.1, 0.15) is 17.1 Å². The zero-order valence-corrected chi connectivity index (χ0v) is 16.7. The molecule has 1 fully saturated rings. The van der Waals surface area contributed by atoms with Crippen molar-refractivity contribution in [2.75, 3.05) is 33.2 Å². The van der Waals surface area contributed by atoms with Gasteiger partial charge in [0.05, 0.1) is 12.2 Å². The molecule has 2 aromatic heterocycles. The first-order valence-electron chi connectivity index (χ1n) is 9.93. The first kappa shape index (κ1) is 19.2. The van der Waals surface area contributed by atoms with E-state index in [0.29, 0.717) is 6.54 Å². The number of imidazole rings is 1. The summed E-state index contributed by atoms with van der Waals surface area (Å²) in [6.07, 6.45) is 5.50. The molecule has 1 aromatic carbocycles. The minimum atomic E-state index is 0.645. The van der Waals surface area contributed by atoms with Gasteiger partial charge in [-0.3, -0.25) is 9.89 Å². The maximum atomic E-state index is 4.92. The van der Waals surface area contributed by atoms with Gasteiger partial charge >= 0.3 is 0 Å². The summed E-state index contributed by atoms with van der Waals surface area (Å²) in [6, 6.07) is 12.4. The topological polar surface area (TPSA) is 74.7 Å². The average Bonchev–Trinajstić information content (AvgIpc) is 3.43. The average molecular weight is 393 g/mol. The highest BCUT2D eigenvalue weighted by molar-refractivity contribution is 5.79. The number of hydrogen-bond donors (Lipinski definition) is 1. The van der Waals surface area contributed by atoms with Crippen molar-refractivity contribution in [3.63, 3.8) is 0 Å². The second kappa shape index (κ2) is 9.38. The zero-order valence-electron chi connectivity index (χ0n) is 16.7. The van der Waals surface area contributed by atoms with Gasteiger partial charge in [-0.1, -0.05) is 35.5 Å². The van der Waals surface area contributed by atoms with Crippen molar-refractivity contribution in [3.8, 4) is 0 Å². The van der Waals surface area contributed by atoms with Crippen LogP contribution >= 0.6 is 0 Å². The van der Waals surface area contributed by atoms with E-state index in [4.69, 9.17) is 4.52 Å². The van der Waals surface area contributed by atoms with Crippen molar-refractivity contribution in [2.24, 2.45) is 4.99 Å². The number of guanidine groups is 1. The van der Waals surface area contributed by atoms with Crippen LogP contribution in [0.3, 0.4) is 0 Å². The number of nitrogens with one attached hydrogen (secondary N) is 1. The fourth-order valence-corrected chi connectivity index (χ4v) is 3.59. The minimum Gasteiger partial charge on any atom is -0.364 e. The lowest BCUT2D eigenvalue weighted by Crippen LogP contribution is -2.52. The number of piperazine rings is 1. The Balaban J connectivity index is 1.29. The molecule has 1 aliphatic rings. The predicted molar refractivity (Wildman–Crippen MR) is 111 cm³/mol. The van der Waals surface area contributed by atoms with Crippen LogP contribution in [0, 0.1) is 0 Å². The molecule has 1 saturated heterocycles. The van der Waals surface area contributed by atoms with Crippen LogP contribution in [0.15, 0.2) is 64.6 Å². The van der Waals surface area contributed by atoms with Crippen LogP contribution in [0.25, 0.3) is 0 Å². The second-order valence-corrected chi connectivity index (χ2v) is 7.11. The van der Waals surface area contributed by atoms with E-state index >= 15 is 0 Å². The van der Waals surface area contributed by atoms with Gasteiger partial charge in [0.15, 0.2) is 5.96 Å². The molecule has 0 atom stereocenters. The van der Waals surface area contributed by atoms with Gasteiger partial charge < -0.3 is 19.3 Å². The molecular formula is C21H27N7O. The molecule has 0 aliphatic carbocycles. The number of hydrogen-bond acceptors (Lipinski definition) is 5. The standard InChI is InChI=1S/C21H27N7O/c1-22-21(27-12-10-26(11-13-27)17-19-7-14-29-25-19)24-15-20-23-8-9-28(20)16-18-5-3-2-4-6-18/h2-9,14H,10-13,15-17H2,1H3,(H,22,24). The number of aliphatic imine (C=N–C) groups is 1. The van der Waals surface area contributed by atoms with Crippen LogP contribution in [0.2, 0.25) is 0 Å². The normalized spacial score (nSPS) is 15.6. The van der Waals surface area contributed by atoms with E-state index < -0.39 is 0 Å². The van der Waals surface area contributed by atoms with Gasteiger partial charge in [0.25, 0.3) is 0 Å². The number of benzene rings is 1. The molecule has 152 valence electrons. The first-order valence-corrected chi connectivity index (χ1v) is 9.93. The Kier molecular flexibility index (Phi) is 6.21. The monoisotopic (exact) mass is 393 g/mol. The Bertz CT molecular complexity index is 896. The molecule has 0 unspecified atom stereocenters. The Hall–Kier alpha value is -3.13. The lowest BCUT2D eigenvalue weighted by Gasteiger charge is -2.36. The molecule has 8 nitrogen and oxygen atoms in total. The van der Waals surface area contributed by atoms with Crippen molar-refractivity contribution in [1.29, 1.82) is 0 Å². The summed E-state index contributed by atoms with van der Waals surface area (Å²) in [7, 11) is 1.83. The summed E-state index contributed by atoms with van der Waals surface area (Å²) in [5.74, 6) is 1.92. The summed E-state index contributed by atoms with van der Waals surface area (Å²) in [6.45, 7) is 6.08. The van der Waals surface area contributed by atoms with Crippen LogP contribution < -0.4 is 5.32 Å². The minimum absolute atomic E-state index is 0.645. The van der Waals surface area contributed by atoms with E-state index in [1.165, 1.54) is 5.56 Å². The highest BCUT2D eigenvalue weighted by Crippen LogP contribution is 2.09. The SMILES string of the molecule is CN=C(NCc1nccn1Cc1ccccc1)N1CCN(Cc2ccon2)CC1. The molecule has 29 heavy (non-hydrogen) atoms. The molecule has 0 saturated carbocycles. The summed E-state index contributed by atoms with van der Waals surface area (Å²) < 4.78 is 7.10. The predicted octanol–water partition coefficient (Wildman–Crippen LogP) is 1.81. The molecule has 3 heterocycles. The van der Waals surface area contributed by atoms with Gasteiger partial charge in [0.2, 0.25) is 0 Å². The van der Waals surface area contributed by atoms with Gasteiger partial charge in [0.1, 0.15) is 12.1 Å². The lowest BCUT2D eigenvalue weighted by atomic mass is 10.2. The molecule has 1 N–H and O–H groups in total. The van der Waals surface area contributed by atoms with Crippen molar-refractivity contribution in [2.45, 2.75) is 19.6 Å². The van der Waals surface area contributed by atoms with E-state index in [2.05, 4.69) is 59.1 Å². The number of aromatic nitrogens is 3. The van der Waals surface area contributed by atoms with E-state index in [1.54, 1.807) is 6.26 Å². The van der Waals surface area contributed by atoms with E-state index in [1.807, 2.05) is 31.6 Å².